The molecular formula is C24H25F3N6O. The Balaban J connectivity index is 1.37. The van der Waals surface area contributed by atoms with E-state index in [4.69, 9.17) is 5.73 Å². The molecule has 7 nitrogen and oxygen atoms in total. The first kappa shape index (κ1) is 22.2. The highest BCUT2D eigenvalue weighted by Gasteiger charge is 2.37. The number of aromatic nitrogens is 3. The zero-order chi connectivity index (χ0) is 24.0. The molecule has 178 valence electrons. The van der Waals surface area contributed by atoms with Crippen molar-refractivity contribution in [3.63, 3.8) is 0 Å². The van der Waals surface area contributed by atoms with Gasteiger partial charge in [-0.25, -0.2) is 4.98 Å². The number of hydrogen-bond donors (Lipinski definition) is 1. The molecule has 2 aromatic heterocycles. The molecule has 3 aromatic rings. The molecule has 2 aliphatic heterocycles. The number of rotatable bonds is 3. The molecule has 2 N–H and O–H groups in total. The predicted octanol–water partition coefficient (Wildman–Crippen LogP) is 4.48. The van der Waals surface area contributed by atoms with E-state index in [0.717, 1.165) is 49.4 Å². The molecule has 1 saturated heterocycles. The number of carbonyl (C=O) groups excluding carboxylic acids is 1. The van der Waals surface area contributed by atoms with Crippen LogP contribution in [0.2, 0.25) is 0 Å². The predicted molar refractivity (Wildman–Crippen MR) is 123 cm³/mol. The molecule has 1 aromatic carbocycles. The Morgan fingerprint density at radius 2 is 1.76 bits per heavy atom. The molecule has 0 radical (unpaired) electrons. The summed E-state index contributed by atoms with van der Waals surface area (Å²) in [5.74, 6) is 1.25. The Morgan fingerprint density at radius 3 is 2.41 bits per heavy atom. The van der Waals surface area contributed by atoms with Crippen LogP contribution in [0.15, 0.2) is 48.7 Å². The number of piperidine rings is 1. The lowest BCUT2D eigenvalue weighted by atomic mass is 9.88. The average Bonchev–Trinajstić information content (AvgIpc) is 3.27. The number of amides is 1. The summed E-state index contributed by atoms with van der Waals surface area (Å²) in [4.78, 5) is 21.6. The number of halogens is 3. The van der Waals surface area contributed by atoms with Crippen molar-refractivity contribution in [2.24, 2.45) is 0 Å². The first-order chi connectivity index (χ1) is 16.2. The van der Waals surface area contributed by atoms with Crippen molar-refractivity contribution in [1.82, 2.24) is 14.8 Å². The summed E-state index contributed by atoms with van der Waals surface area (Å²) in [6, 6.07) is 10.2. The maximum atomic E-state index is 13.5. The highest BCUT2D eigenvalue weighted by atomic mass is 19.4. The highest BCUT2D eigenvalue weighted by Crippen LogP contribution is 2.37. The molecule has 1 unspecified atom stereocenters. The number of fused-ring (bicyclic) bond motifs is 1. The lowest BCUT2D eigenvalue weighted by Gasteiger charge is -2.35. The van der Waals surface area contributed by atoms with Crippen molar-refractivity contribution in [1.29, 1.82) is 0 Å². The van der Waals surface area contributed by atoms with Crippen molar-refractivity contribution >= 4 is 23.2 Å². The quantitative estimate of drug-likeness (QED) is 0.610. The van der Waals surface area contributed by atoms with Gasteiger partial charge in [0.05, 0.1) is 17.8 Å². The second-order valence-electron chi connectivity index (χ2n) is 8.88. The van der Waals surface area contributed by atoms with Gasteiger partial charge in [0.2, 0.25) is 0 Å². The smallest absolute Gasteiger partial charge is 0.384 e. The molecular weight excluding hydrogens is 445 g/mol. The number of pyridine rings is 1. The Labute approximate surface area is 195 Å². The van der Waals surface area contributed by atoms with E-state index in [0.29, 0.717) is 23.7 Å². The minimum absolute atomic E-state index is 0.0969. The van der Waals surface area contributed by atoms with Gasteiger partial charge in [-0.1, -0.05) is 6.07 Å². The van der Waals surface area contributed by atoms with Crippen LogP contribution in [0.4, 0.5) is 30.5 Å². The van der Waals surface area contributed by atoms with Gasteiger partial charge in [0, 0.05) is 30.9 Å². The molecule has 1 atom stereocenters. The zero-order valence-corrected chi connectivity index (χ0v) is 18.7. The summed E-state index contributed by atoms with van der Waals surface area (Å²) < 4.78 is 40.6. The Hall–Kier alpha value is -3.56. The number of benzene rings is 1. The third kappa shape index (κ3) is 3.97. The van der Waals surface area contributed by atoms with Crippen LogP contribution in [0.1, 0.15) is 53.3 Å². The Bertz CT molecular complexity index is 1200. The molecule has 1 amide bonds. The van der Waals surface area contributed by atoms with Gasteiger partial charge in [0.25, 0.3) is 5.91 Å². The van der Waals surface area contributed by atoms with E-state index in [9.17, 15) is 18.0 Å². The summed E-state index contributed by atoms with van der Waals surface area (Å²) >= 11 is 0. The van der Waals surface area contributed by atoms with E-state index in [-0.39, 0.29) is 17.9 Å². The van der Waals surface area contributed by atoms with Crippen LogP contribution in [0.5, 0.6) is 0 Å². The number of nitrogens with two attached hydrogens (primary N) is 1. The maximum absolute atomic E-state index is 13.5. The van der Waals surface area contributed by atoms with Crippen molar-refractivity contribution in [3.8, 4) is 0 Å². The fourth-order valence-electron chi connectivity index (χ4n) is 4.87. The molecule has 10 heteroatoms. The first-order valence-corrected chi connectivity index (χ1v) is 11.3. The van der Waals surface area contributed by atoms with E-state index in [1.54, 1.807) is 21.8 Å². The van der Waals surface area contributed by atoms with Crippen molar-refractivity contribution < 1.29 is 18.0 Å². The lowest BCUT2D eigenvalue weighted by Crippen LogP contribution is -2.43. The van der Waals surface area contributed by atoms with Gasteiger partial charge in [-0.3, -0.25) is 9.48 Å². The van der Waals surface area contributed by atoms with E-state index in [1.807, 2.05) is 19.1 Å². The minimum Gasteiger partial charge on any atom is -0.384 e. The van der Waals surface area contributed by atoms with Crippen LogP contribution >= 0.6 is 0 Å². The minimum atomic E-state index is -4.42. The SMILES string of the molecule is CC1CN(c2ccc(C(F)(F)F)cc2)C(=O)c2c(C3CCN(c4cccc(N)n4)CC3)cnn21. The number of carbonyl (C=O) groups is 1. The topological polar surface area (TPSA) is 80.3 Å². The van der Waals surface area contributed by atoms with Crippen LogP contribution in [0.3, 0.4) is 0 Å². The number of nitrogen functional groups attached to an aromatic ring is 1. The largest absolute Gasteiger partial charge is 0.416 e. The van der Waals surface area contributed by atoms with Gasteiger partial charge in [-0.05, 0) is 62.1 Å². The fraction of sp³-hybridized carbons (Fsp3) is 0.375. The maximum Gasteiger partial charge on any atom is 0.416 e. The number of nitrogens with zero attached hydrogens (tertiary/aromatic N) is 5. The van der Waals surface area contributed by atoms with Crippen molar-refractivity contribution in [3.05, 3.63) is 65.5 Å². The number of alkyl halides is 3. The molecule has 0 bridgehead atoms. The highest BCUT2D eigenvalue weighted by molar-refractivity contribution is 6.06. The van der Waals surface area contributed by atoms with E-state index >= 15 is 0 Å². The fourth-order valence-corrected chi connectivity index (χ4v) is 4.87. The molecule has 5 rings (SSSR count). The first-order valence-electron chi connectivity index (χ1n) is 11.3. The van der Waals surface area contributed by atoms with Crippen LogP contribution in [-0.4, -0.2) is 40.3 Å². The van der Waals surface area contributed by atoms with E-state index in [1.165, 1.54) is 12.1 Å². The summed E-state index contributed by atoms with van der Waals surface area (Å²) in [6.07, 6.45) is -0.979. The normalized spacial score (nSPS) is 19.4. The zero-order valence-electron chi connectivity index (χ0n) is 18.7. The van der Waals surface area contributed by atoms with Gasteiger partial charge in [-0.15, -0.1) is 0 Å². The molecule has 0 spiro atoms. The lowest BCUT2D eigenvalue weighted by molar-refractivity contribution is -0.137. The van der Waals surface area contributed by atoms with Crippen molar-refractivity contribution in [2.45, 2.75) is 37.9 Å². The van der Waals surface area contributed by atoms with E-state index < -0.39 is 11.7 Å². The number of anilines is 3. The van der Waals surface area contributed by atoms with Crippen LogP contribution < -0.4 is 15.5 Å². The molecule has 34 heavy (non-hydrogen) atoms. The van der Waals surface area contributed by atoms with Gasteiger partial charge < -0.3 is 15.5 Å². The molecule has 0 saturated carbocycles. The monoisotopic (exact) mass is 470 g/mol. The summed E-state index contributed by atoms with van der Waals surface area (Å²) in [6.45, 7) is 3.85. The molecule has 4 heterocycles. The van der Waals surface area contributed by atoms with Crippen LogP contribution in [-0.2, 0) is 6.18 Å². The van der Waals surface area contributed by atoms with Gasteiger partial charge in [-0.2, -0.15) is 18.3 Å². The van der Waals surface area contributed by atoms with Gasteiger partial charge >= 0.3 is 6.18 Å². The average molecular weight is 470 g/mol. The second-order valence-corrected chi connectivity index (χ2v) is 8.88. The molecule has 2 aliphatic rings. The summed E-state index contributed by atoms with van der Waals surface area (Å²) in [5, 5.41) is 4.50. The third-order valence-corrected chi connectivity index (χ3v) is 6.66. The summed E-state index contributed by atoms with van der Waals surface area (Å²) in [5.41, 5.74) is 6.96. The van der Waals surface area contributed by atoms with E-state index in [2.05, 4.69) is 15.0 Å². The second kappa shape index (κ2) is 8.34. The van der Waals surface area contributed by atoms with Gasteiger partial charge in [0.1, 0.15) is 17.3 Å². The Kier molecular flexibility index (Phi) is 5.45. The Morgan fingerprint density at radius 1 is 1.06 bits per heavy atom. The van der Waals surface area contributed by atoms with Gasteiger partial charge in [0.15, 0.2) is 0 Å². The van der Waals surface area contributed by atoms with Crippen LogP contribution in [0.25, 0.3) is 0 Å². The molecule has 0 aliphatic carbocycles. The molecule has 1 fully saturated rings. The summed E-state index contributed by atoms with van der Waals surface area (Å²) in [7, 11) is 0. The number of hydrogen-bond acceptors (Lipinski definition) is 5. The third-order valence-electron chi connectivity index (χ3n) is 6.66. The van der Waals surface area contributed by atoms with Crippen molar-refractivity contribution in [2.75, 3.05) is 35.2 Å². The standard InChI is InChI=1S/C24H25F3N6O/c1-15-14-32(18-7-5-17(6-8-18)24(25,26)27)23(34)22-19(13-29-33(15)22)16-9-11-31(12-10-16)21-4-2-3-20(28)30-21/h2-8,13,15-16H,9-12,14H2,1H3,(H2,28,30). The van der Waals surface area contributed by atoms with Crippen LogP contribution in [0, 0.1) is 0 Å².